The van der Waals surface area contributed by atoms with E-state index in [2.05, 4.69) is 10.1 Å². The van der Waals surface area contributed by atoms with Crippen molar-refractivity contribution in [2.45, 2.75) is 12.8 Å². The van der Waals surface area contributed by atoms with Crippen molar-refractivity contribution >= 4 is 5.97 Å². The minimum atomic E-state index is -4.39. The van der Waals surface area contributed by atoms with Crippen LogP contribution in [0.25, 0.3) is 5.82 Å². The Labute approximate surface area is 145 Å². The molecule has 0 radical (unpaired) electrons. The van der Waals surface area contributed by atoms with Gasteiger partial charge in [-0.15, -0.1) is 0 Å². The molecule has 0 aliphatic carbocycles. The third-order valence-corrected chi connectivity index (χ3v) is 3.49. The number of carboxylic acids is 1. The van der Waals surface area contributed by atoms with Gasteiger partial charge in [0, 0.05) is 12.3 Å². The molecule has 9 heteroatoms. The number of halogens is 3. The lowest BCUT2D eigenvalue weighted by Crippen LogP contribution is -2.07. The van der Waals surface area contributed by atoms with Gasteiger partial charge in [-0.25, -0.2) is 9.78 Å². The van der Waals surface area contributed by atoms with E-state index in [9.17, 15) is 18.0 Å². The second-order valence-electron chi connectivity index (χ2n) is 5.27. The van der Waals surface area contributed by atoms with Gasteiger partial charge in [0.1, 0.15) is 6.61 Å². The smallest absolute Gasteiger partial charge is 0.416 e. The van der Waals surface area contributed by atoms with E-state index < -0.39 is 17.7 Å². The van der Waals surface area contributed by atoms with Crippen LogP contribution in [0.3, 0.4) is 0 Å². The average molecular weight is 363 g/mol. The molecule has 0 unspecified atom stereocenters. The molecule has 0 atom stereocenters. The number of rotatable bonds is 5. The Morgan fingerprint density at radius 2 is 1.85 bits per heavy atom. The molecular weight excluding hydrogens is 351 g/mol. The molecule has 2 aromatic heterocycles. The van der Waals surface area contributed by atoms with Gasteiger partial charge in [0.05, 0.1) is 17.3 Å². The van der Waals surface area contributed by atoms with E-state index in [0.29, 0.717) is 5.56 Å². The minimum Gasteiger partial charge on any atom is -0.478 e. The first kappa shape index (κ1) is 17.5. The zero-order chi connectivity index (χ0) is 18.7. The van der Waals surface area contributed by atoms with Gasteiger partial charge in [0.25, 0.3) is 0 Å². The van der Waals surface area contributed by atoms with E-state index in [1.165, 1.54) is 41.3 Å². The number of aromatic nitrogens is 3. The van der Waals surface area contributed by atoms with Crippen LogP contribution in [0.15, 0.2) is 54.9 Å². The molecule has 3 aromatic rings. The second kappa shape index (κ2) is 6.87. The Kier molecular flexibility index (Phi) is 4.61. The van der Waals surface area contributed by atoms with Crippen molar-refractivity contribution in [1.82, 2.24) is 14.8 Å². The lowest BCUT2D eigenvalue weighted by atomic mass is 10.1. The summed E-state index contributed by atoms with van der Waals surface area (Å²) in [5, 5.41) is 13.1. The van der Waals surface area contributed by atoms with Crippen molar-refractivity contribution in [2.24, 2.45) is 0 Å². The van der Waals surface area contributed by atoms with Crippen molar-refractivity contribution in [3.63, 3.8) is 0 Å². The molecule has 0 aliphatic rings. The predicted molar refractivity (Wildman–Crippen MR) is 84.1 cm³/mol. The Morgan fingerprint density at radius 1 is 1.12 bits per heavy atom. The van der Waals surface area contributed by atoms with Gasteiger partial charge in [0.2, 0.25) is 5.88 Å². The Balaban J connectivity index is 1.75. The summed E-state index contributed by atoms with van der Waals surface area (Å²) >= 11 is 0. The average Bonchev–Trinajstić information content (AvgIpc) is 3.08. The van der Waals surface area contributed by atoms with E-state index >= 15 is 0 Å². The highest BCUT2D eigenvalue weighted by Crippen LogP contribution is 2.29. The van der Waals surface area contributed by atoms with Crippen LogP contribution >= 0.6 is 0 Å². The SMILES string of the molecule is O=C(O)c1ccnc(-n2nccc2OCc2ccc(C(F)(F)F)cc2)c1. The third-order valence-electron chi connectivity index (χ3n) is 3.49. The summed E-state index contributed by atoms with van der Waals surface area (Å²) in [4.78, 5) is 15.1. The maximum absolute atomic E-state index is 12.6. The lowest BCUT2D eigenvalue weighted by Gasteiger charge is -2.10. The largest absolute Gasteiger partial charge is 0.478 e. The summed E-state index contributed by atoms with van der Waals surface area (Å²) in [5.74, 6) is -0.578. The van der Waals surface area contributed by atoms with Crippen LogP contribution in [-0.2, 0) is 12.8 Å². The maximum atomic E-state index is 12.6. The summed E-state index contributed by atoms with van der Waals surface area (Å²) in [6.45, 7) is 0.0163. The normalized spacial score (nSPS) is 11.3. The monoisotopic (exact) mass is 363 g/mol. The van der Waals surface area contributed by atoms with E-state index in [1.807, 2.05) is 0 Å². The molecule has 6 nitrogen and oxygen atoms in total. The fourth-order valence-corrected chi connectivity index (χ4v) is 2.19. The van der Waals surface area contributed by atoms with Crippen LogP contribution in [0.5, 0.6) is 5.88 Å². The Bertz CT molecular complexity index is 921. The van der Waals surface area contributed by atoms with Crippen molar-refractivity contribution in [3.8, 4) is 11.7 Å². The third kappa shape index (κ3) is 3.82. The molecule has 3 rings (SSSR count). The number of carbonyl (C=O) groups is 1. The minimum absolute atomic E-state index is 0.0163. The molecule has 1 N–H and O–H groups in total. The molecule has 0 saturated carbocycles. The van der Waals surface area contributed by atoms with Crippen molar-refractivity contribution in [3.05, 3.63) is 71.5 Å². The first-order chi connectivity index (χ1) is 12.3. The second-order valence-corrected chi connectivity index (χ2v) is 5.27. The summed E-state index contributed by atoms with van der Waals surface area (Å²) in [6.07, 6.45) is -1.61. The van der Waals surface area contributed by atoms with E-state index in [0.717, 1.165) is 12.1 Å². The van der Waals surface area contributed by atoms with E-state index in [1.54, 1.807) is 6.07 Å². The first-order valence-corrected chi connectivity index (χ1v) is 7.37. The first-order valence-electron chi connectivity index (χ1n) is 7.37. The van der Waals surface area contributed by atoms with Gasteiger partial charge in [-0.1, -0.05) is 12.1 Å². The molecule has 1 aromatic carbocycles. The molecular formula is C17H12F3N3O3. The Morgan fingerprint density at radius 3 is 2.50 bits per heavy atom. The predicted octanol–water partition coefficient (Wildman–Crippen LogP) is 3.56. The van der Waals surface area contributed by atoms with Crippen LogP contribution in [0.4, 0.5) is 13.2 Å². The van der Waals surface area contributed by atoms with Crippen LogP contribution in [-0.4, -0.2) is 25.8 Å². The number of hydrogen-bond donors (Lipinski definition) is 1. The molecule has 0 amide bonds. The number of carboxylic acid groups (broad SMARTS) is 1. The number of aromatic carboxylic acids is 1. The fraction of sp³-hybridized carbons (Fsp3) is 0.118. The van der Waals surface area contributed by atoms with E-state index in [-0.39, 0.29) is 23.9 Å². The summed E-state index contributed by atoms with van der Waals surface area (Å²) < 4.78 is 44.6. The van der Waals surface area contributed by atoms with Gasteiger partial charge in [0.15, 0.2) is 5.82 Å². The molecule has 0 aliphatic heterocycles. The number of hydrogen-bond acceptors (Lipinski definition) is 4. The number of nitrogens with zero attached hydrogens (tertiary/aromatic N) is 3. The van der Waals surface area contributed by atoms with Crippen molar-refractivity contribution in [2.75, 3.05) is 0 Å². The van der Waals surface area contributed by atoms with Crippen LogP contribution < -0.4 is 4.74 Å². The van der Waals surface area contributed by atoms with Gasteiger partial charge >= 0.3 is 12.1 Å². The number of ether oxygens (including phenoxy) is 1. The summed E-state index contributed by atoms with van der Waals surface area (Å²) in [7, 11) is 0. The zero-order valence-corrected chi connectivity index (χ0v) is 13.1. The Hall–Kier alpha value is -3.36. The molecule has 0 saturated heterocycles. The highest BCUT2D eigenvalue weighted by Gasteiger charge is 2.29. The fourth-order valence-electron chi connectivity index (χ4n) is 2.19. The summed E-state index contributed by atoms with van der Waals surface area (Å²) in [5.41, 5.74) is -0.154. The molecule has 0 fully saturated rings. The maximum Gasteiger partial charge on any atom is 0.416 e. The van der Waals surface area contributed by atoms with Crippen LogP contribution in [0, 0.1) is 0 Å². The molecule has 26 heavy (non-hydrogen) atoms. The van der Waals surface area contributed by atoms with Gasteiger partial charge in [-0.05, 0) is 29.8 Å². The van der Waals surface area contributed by atoms with Crippen LogP contribution in [0.1, 0.15) is 21.5 Å². The lowest BCUT2D eigenvalue weighted by molar-refractivity contribution is -0.137. The summed E-state index contributed by atoms with van der Waals surface area (Å²) in [6, 6.07) is 8.83. The van der Waals surface area contributed by atoms with Gasteiger partial charge in [-0.2, -0.15) is 23.0 Å². The highest BCUT2D eigenvalue weighted by molar-refractivity contribution is 5.87. The van der Waals surface area contributed by atoms with Crippen LogP contribution in [0.2, 0.25) is 0 Å². The number of pyridine rings is 1. The number of alkyl halides is 3. The van der Waals surface area contributed by atoms with Gasteiger partial charge in [-0.3, -0.25) is 0 Å². The van der Waals surface area contributed by atoms with E-state index in [4.69, 9.17) is 9.84 Å². The standard InChI is InChI=1S/C17H12F3N3O3/c18-17(19,20)13-3-1-11(2-4-13)10-26-15-6-8-22-23(15)14-9-12(16(24)25)5-7-21-14/h1-9H,10H2,(H,24,25). The molecule has 0 spiro atoms. The highest BCUT2D eigenvalue weighted by atomic mass is 19.4. The zero-order valence-electron chi connectivity index (χ0n) is 13.1. The van der Waals surface area contributed by atoms with Gasteiger partial charge < -0.3 is 9.84 Å². The molecule has 2 heterocycles. The molecule has 0 bridgehead atoms. The van der Waals surface area contributed by atoms with Crippen molar-refractivity contribution in [1.29, 1.82) is 0 Å². The van der Waals surface area contributed by atoms with Crippen molar-refractivity contribution < 1.29 is 27.8 Å². The molecule has 134 valence electrons. The quantitative estimate of drug-likeness (QED) is 0.750. The number of benzene rings is 1. The topological polar surface area (TPSA) is 77.2 Å².